The molecule has 5 nitrogen and oxygen atoms in total. The number of benzene rings is 2. The third-order valence-electron chi connectivity index (χ3n) is 4.70. The molecule has 1 aliphatic heterocycles. The summed E-state index contributed by atoms with van der Waals surface area (Å²) in [6.07, 6.45) is 0.628. The zero-order chi connectivity index (χ0) is 18.7. The molecule has 1 heterocycles. The first kappa shape index (κ1) is 18.6. The fourth-order valence-corrected chi connectivity index (χ4v) is 4.54. The van der Waals surface area contributed by atoms with Gasteiger partial charge in [-0.15, -0.1) is 0 Å². The van der Waals surface area contributed by atoms with Gasteiger partial charge in [-0.3, -0.25) is 4.79 Å². The van der Waals surface area contributed by atoms with Crippen molar-refractivity contribution in [1.29, 1.82) is 0 Å². The van der Waals surface area contributed by atoms with Crippen molar-refractivity contribution < 1.29 is 13.2 Å². The van der Waals surface area contributed by atoms with Gasteiger partial charge in [-0.1, -0.05) is 35.4 Å². The maximum absolute atomic E-state index is 12.9. The second-order valence-corrected chi connectivity index (χ2v) is 8.67. The summed E-state index contributed by atoms with van der Waals surface area (Å²) in [5, 5.41) is 0. The number of sulfonamides is 1. The minimum Gasteiger partial charge on any atom is -0.337 e. The van der Waals surface area contributed by atoms with Crippen LogP contribution in [0.25, 0.3) is 0 Å². The number of amides is 1. The van der Waals surface area contributed by atoms with Gasteiger partial charge in [0.15, 0.2) is 0 Å². The lowest BCUT2D eigenvalue weighted by Crippen LogP contribution is -2.37. The lowest BCUT2D eigenvalue weighted by Gasteiger charge is -2.22. The minimum absolute atomic E-state index is 0.0421. The SMILES string of the molecule is Cc1ccc(C(=O)N2CCCN(S(=O)(=O)c3ccc(C)cc3)CC2)cc1. The number of carbonyl (C=O) groups is 1. The van der Waals surface area contributed by atoms with E-state index in [-0.39, 0.29) is 5.91 Å². The third kappa shape index (κ3) is 3.97. The Morgan fingerprint density at radius 1 is 0.808 bits per heavy atom. The van der Waals surface area contributed by atoms with Crippen molar-refractivity contribution in [2.24, 2.45) is 0 Å². The Morgan fingerprint density at radius 3 is 2.00 bits per heavy atom. The molecule has 0 bridgehead atoms. The van der Waals surface area contributed by atoms with Crippen molar-refractivity contribution in [1.82, 2.24) is 9.21 Å². The second-order valence-electron chi connectivity index (χ2n) is 6.73. The average molecular weight is 372 g/mol. The Bertz CT molecular complexity index is 874. The van der Waals surface area contributed by atoms with E-state index >= 15 is 0 Å². The molecular weight excluding hydrogens is 348 g/mol. The smallest absolute Gasteiger partial charge is 0.253 e. The largest absolute Gasteiger partial charge is 0.337 e. The van der Waals surface area contributed by atoms with E-state index < -0.39 is 10.0 Å². The summed E-state index contributed by atoms with van der Waals surface area (Å²) in [6.45, 7) is 5.61. The molecule has 0 aliphatic carbocycles. The molecule has 0 spiro atoms. The topological polar surface area (TPSA) is 57.7 Å². The first-order valence-corrected chi connectivity index (χ1v) is 10.2. The highest BCUT2D eigenvalue weighted by molar-refractivity contribution is 7.89. The monoisotopic (exact) mass is 372 g/mol. The van der Waals surface area contributed by atoms with Gasteiger partial charge in [-0.25, -0.2) is 8.42 Å². The van der Waals surface area contributed by atoms with Crippen LogP contribution >= 0.6 is 0 Å². The summed E-state index contributed by atoms with van der Waals surface area (Å²) in [6, 6.07) is 14.4. The fraction of sp³-hybridized carbons (Fsp3) is 0.350. The Kier molecular flexibility index (Phi) is 5.44. The van der Waals surface area contributed by atoms with E-state index in [4.69, 9.17) is 0 Å². The van der Waals surface area contributed by atoms with Crippen molar-refractivity contribution in [2.45, 2.75) is 25.2 Å². The van der Waals surface area contributed by atoms with Gasteiger partial charge in [-0.2, -0.15) is 4.31 Å². The van der Waals surface area contributed by atoms with Crippen LogP contribution in [0.15, 0.2) is 53.4 Å². The van der Waals surface area contributed by atoms with E-state index in [9.17, 15) is 13.2 Å². The Labute approximate surface area is 155 Å². The van der Waals surface area contributed by atoms with Crippen LogP contribution in [-0.2, 0) is 10.0 Å². The number of carbonyl (C=O) groups excluding carboxylic acids is 1. The van der Waals surface area contributed by atoms with E-state index in [2.05, 4.69) is 0 Å². The first-order chi connectivity index (χ1) is 12.4. The summed E-state index contributed by atoms with van der Waals surface area (Å²) in [5.41, 5.74) is 2.77. The summed E-state index contributed by atoms with van der Waals surface area (Å²) < 4.78 is 27.2. The number of aryl methyl sites for hydroxylation is 2. The standard InChI is InChI=1S/C20H24N2O3S/c1-16-4-8-18(9-5-16)20(23)21-12-3-13-22(15-14-21)26(24,25)19-10-6-17(2)7-11-19/h4-11H,3,12-15H2,1-2H3. The van der Waals surface area contributed by atoms with Crippen molar-refractivity contribution in [2.75, 3.05) is 26.2 Å². The molecule has 2 aromatic carbocycles. The molecule has 1 saturated heterocycles. The molecule has 0 saturated carbocycles. The highest BCUT2D eigenvalue weighted by Crippen LogP contribution is 2.19. The van der Waals surface area contributed by atoms with E-state index in [1.54, 1.807) is 29.2 Å². The Hall–Kier alpha value is -2.18. The Morgan fingerprint density at radius 2 is 1.38 bits per heavy atom. The molecule has 0 N–H and O–H groups in total. The summed E-state index contributed by atoms with van der Waals surface area (Å²) in [7, 11) is -3.53. The number of hydrogen-bond donors (Lipinski definition) is 0. The summed E-state index contributed by atoms with van der Waals surface area (Å²) in [4.78, 5) is 14.7. The van der Waals surface area contributed by atoms with Gasteiger partial charge in [0.05, 0.1) is 4.90 Å². The first-order valence-electron chi connectivity index (χ1n) is 8.81. The van der Waals surface area contributed by atoms with Crippen molar-refractivity contribution in [3.05, 3.63) is 65.2 Å². The third-order valence-corrected chi connectivity index (χ3v) is 6.61. The summed E-state index contributed by atoms with van der Waals surface area (Å²) >= 11 is 0. The maximum Gasteiger partial charge on any atom is 0.253 e. The molecule has 1 fully saturated rings. The van der Waals surface area contributed by atoms with Crippen LogP contribution < -0.4 is 0 Å². The lowest BCUT2D eigenvalue weighted by molar-refractivity contribution is 0.0764. The van der Waals surface area contributed by atoms with Crippen molar-refractivity contribution >= 4 is 15.9 Å². The van der Waals surface area contributed by atoms with Gasteiger partial charge in [0.25, 0.3) is 5.91 Å². The number of rotatable bonds is 3. The average Bonchev–Trinajstić information content (AvgIpc) is 2.89. The molecular formula is C20H24N2O3S. The van der Waals surface area contributed by atoms with Gasteiger partial charge in [-0.05, 0) is 44.5 Å². The molecule has 2 aromatic rings. The van der Waals surface area contributed by atoms with Crippen LogP contribution in [0.5, 0.6) is 0 Å². The molecule has 0 radical (unpaired) electrons. The normalized spacial score (nSPS) is 16.3. The molecule has 138 valence electrons. The van der Waals surface area contributed by atoms with E-state index in [0.717, 1.165) is 11.1 Å². The number of hydrogen-bond acceptors (Lipinski definition) is 3. The zero-order valence-corrected chi connectivity index (χ0v) is 16.0. The van der Waals surface area contributed by atoms with Gasteiger partial charge < -0.3 is 4.90 Å². The van der Waals surface area contributed by atoms with E-state index in [0.29, 0.717) is 43.1 Å². The van der Waals surface area contributed by atoms with Gasteiger partial charge in [0.1, 0.15) is 0 Å². The van der Waals surface area contributed by atoms with Gasteiger partial charge >= 0.3 is 0 Å². The number of nitrogens with zero attached hydrogens (tertiary/aromatic N) is 2. The van der Waals surface area contributed by atoms with Crippen molar-refractivity contribution in [3.63, 3.8) is 0 Å². The predicted octanol–water partition coefficient (Wildman–Crippen LogP) is 2.84. The van der Waals surface area contributed by atoms with Gasteiger partial charge in [0.2, 0.25) is 10.0 Å². The highest BCUT2D eigenvalue weighted by Gasteiger charge is 2.28. The van der Waals surface area contributed by atoms with Crippen LogP contribution in [0.2, 0.25) is 0 Å². The maximum atomic E-state index is 12.9. The van der Waals surface area contributed by atoms with Crippen LogP contribution in [0.1, 0.15) is 27.9 Å². The van der Waals surface area contributed by atoms with Gasteiger partial charge in [0, 0.05) is 31.7 Å². The predicted molar refractivity (Wildman–Crippen MR) is 102 cm³/mol. The molecule has 3 rings (SSSR count). The summed E-state index contributed by atoms with van der Waals surface area (Å²) in [5.74, 6) is -0.0421. The zero-order valence-electron chi connectivity index (χ0n) is 15.2. The molecule has 0 unspecified atom stereocenters. The van der Waals surface area contributed by atoms with E-state index in [1.807, 2.05) is 38.1 Å². The molecule has 6 heteroatoms. The van der Waals surface area contributed by atoms with Crippen LogP contribution in [-0.4, -0.2) is 49.7 Å². The van der Waals surface area contributed by atoms with Crippen molar-refractivity contribution in [3.8, 4) is 0 Å². The second kappa shape index (κ2) is 7.60. The van der Waals surface area contributed by atoms with Crippen LogP contribution in [0.3, 0.4) is 0 Å². The molecule has 0 aromatic heterocycles. The molecule has 26 heavy (non-hydrogen) atoms. The Balaban J connectivity index is 1.72. The lowest BCUT2D eigenvalue weighted by atomic mass is 10.1. The molecule has 0 atom stereocenters. The molecule has 1 aliphatic rings. The van der Waals surface area contributed by atoms with Crippen LogP contribution in [0.4, 0.5) is 0 Å². The quantitative estimate of drug-likeness (QED) is 0.832. The van der Waals surface area contributed by atoms with E-state index in [1.165, 1.54) is 4.31 Å². The minimum atomic E-state index is -3.53. The fourth-order valence-electron chi connectivity index (χ4n) is 3.08. The highest BCUT2D eigenvalue weighted by atomic mass is 32.2. The molecule has 1 amide bonds. The van der Waals surface area contributed by atoms with Crippen LogP contribution in [0, 0.1) is 13.8 Å².